The lowest BCUT2D eigenvalue weighted by Gasteiger charge is -2.12. The predicted molar refractivity (Wildman–Crippen MR) is 68.5 cm³/mol. The van der Waals surface area contributed by atoms with Crippen LogP contribution in [0.4, 0.5) is 4.79 Å². The molecule has 0 aromatic carbocycles. The molecule has 6 nitrogen and oxygen atoms in total. The van der Waals surface area contributed by atoms with Crippen LogP contribution in [0.2, 0.25) is 0 Å². The van der Waals surface area contributed by atoms with Gasteiger partial charge in [0.15, 0.2) is 0 Å². The van der Waals surface area contributed by atoms with E-state index < -0.39 is 11.4 Å². The van der Waals surface area contributed by atoms with Gasteiger partial charge in [0.05, 0.1) is 17.7 Å². The third-order valence-corrected chi connectivity index (χ3v) is 3.43. The molecule has 19 heavy (non-hydrogen) atoms. The van der Waals surface area contributed by atoms with Crippen LogP contribution in [0.1, 0.15) is 24.1 Å². The number of nitrogens with one attached hydrogen (secondary N) is 2. The summed E-state index contributed by atoms with van der Waals surface area (Å²) >= 11 is 0. The molecule has 0 radical (unpaired) electrons. The number of aliphatic carboxylic acids is 1. The minimum atomic E-state index is -0.839. The lowest BCUT2D eigenvalue weighted by Crippen LogP contribution is -2.40. The van der Waals surface area contributed by atoms with Gasteiger partial charge >= 0.3 is 12.0 Å². The maximum atomic E-state index is 11.6. The third-order valence-electron chi connectivity index (χ3n) is 3.43. The molecule has 2 rings (SSSR count). The standard InChI is InChI=1S/C13H17N3O3/c1-9-3-2-6-14-10(9)7-15-12(19)16-8-13(4-5-13)11(17)18/h2-3,6H,4-5,7-8H2,1H3,(H,17,18)(H2,15,16,19). The van der Waals surface area contributed by atoms with Crippen LogP contribution in [-0.2, 0) is 11.3 Å². The normalized spacial score (nSPS) is 15.6. The van der Waals surface area contributed by atoms with E-state index in [1.807, 2.05) is 19.1 Å². The average molecular weight is 263 g/mol. The number of amides is 2. The van der Waals surface area contributed by atoms with Crippen LogP contribution < -0.4 is 10.6 Å². The summed E-state index contributed by atoms with van der Waals surface area (Å²) in [5.74, 6) is -0.839. The molecular formula is C13H17N3O3. The van der Waals surface area contributed by atoms with E-state index in [9.17, 15) is 9.59 Å². The van der Waals surface area contributed by atoms with Crippen LogP contribution in [0.25, 0.3) is 0 Å². The number of aromatic nitrogens is 1. The first-order valence-electron chi connectivity index (χ1n) is 6.19. The molecule has 102 valence electrons. The van der Waals surface area contributed by atoms with Gasteiger partial charge < -0.3 is 15.7 Å². The Hall–Kier alpha value is -2.11. The number of carboxylic acid groups (broad SMARTS) is 1. The molecular weight excluding hydrogens is 246 g/mol. The van der Waals surface area contributed by atoms with Gasteiger partial charge in [-0.05, 0) is 31.4 Å². The number of pyridine rings is 1. The molecule has 1 heterocycles. The first-order valence-corrected chi connectivity index (χ1v) is 6.19. The fourth-order valence-corrected chi connectivity index (χ4v) is 1.80. The fraction of sp³-hybridized carbons (Fsp3) is 0.462. The van der Waals surface area contributed by atoms with E-state index in [2.05, 4.69) is 15.6 Å². The monoisotopic (exact) mass is 263 g/mol. The minimum Gasteiger partial charge on any atom is -0.481 e. The van der Waals surface area contributed by atoms with Gasteiger partial charge in [0.2, 0.25) is 0 Å². The summed E-state index contributed by atoms with van der Waals surface area (Å²) in [6.45, 7) is 2.43. The van der Waals surface area contributed by atoms with Gasteiger partial charge in [0.1, 0.15) is 0 Å². The van der Waals surface area contributed by atoms with Gasteiger partial charge in [-0.15, -0.1) is 0 Å². The Morgan fingerprint density at radius 3 is 2.74 bits per heavy atom. The molecule has 3 N–H and O–H groups in total. The molecule has 1 aromatic rings. The first kappa shape index (κ1) is 13.3. The van der Waals surface area contributed by atoms with E-state index in [1.165, 1.54) is 0 Å². The lowest BCUT2D eigenvalue weighted by molar-refractivity contribution is -0.143. The van der Waals surface area contributed by atoms with Gasteiger partial charge in [0, 0.05) is 12.7 Å². The third kappa shape index (κ3) is 3.21. The number of nitrogens with zero attached hydrogens (tertiary/aromatic N) is 1. The Kier molecular flexibility index (Phi) is 3.69. The van der Waals surface area contributed by atoms with Gasteiger partial charge in [-0.25, -0.2) is 4.79 Å². The zero-order valence-electron chi connectivity index (χ0n) is 10.8. The van der Waals surface area contributed by atoms with Crippen LogP contribution in [0.5, 0.6) is 0 Å². The van der Waals surface area contributed by atoms with Crippen LogP contribution >= 0.6 is 0 Å². The average Bonchev–Trinajstić information content (AvgIpc) is 3.16. The zero-order chi connectivity index (χ0) is 13.9. The molecule has 0 atom stereocenters. The summed E-state index contributed by atoms with van der Waals surface area (Å²) in [6, 6.07) is 3.39. The molecule has 1 fully saturated rings. The first-order chi connectivity index (χ1) is 9.03. The molecule has 1 aliphatic carbocycles. The van der Waals surface area contributed by atoms with E-state index >= 15 is 0 Å². The molecule has 6 heteroatoms. The van der Waals surface area contributed by atoms with Crippen molar-refractivity contribution in [3.05, 3.63) is 29.6 Å². The zero-order valence-corrected chi connectivity index (χ0v) is 10.8. The molecule has 1 aromatic heterocycles. The van der Waals surface area contributed by atoms with Gasteiger partial charge in [-0.3, -0.25) is 9.78 Å². The molecule has 0 aliphatic heterocycles. The Labute approximate surface area is 111 Å². The maximum Gasteiger partial charge on any atom is 0.315 e. The van der Waals surface area contributed by atoms with Crippen molar-refractivity contribution >= 4 is 12.0 Å². The quantitative estimate of drug-likeness (QED) is 0.740. The number of urea groups is 1. The Morgan fingerprint density at radius 1 is 1.42 bits per heavy atom. The van der Waals surface area contributed by atoms with E-state index in [0.717, 1.165) is 11.3 Å². The smallest absolute Gasteiger partial charge is 0.315 e. The molecule has 0 spiro atoms. The highest BCUT2D eigenvalue weighted by Gasteiger charge is 2.50. The SMILES string of the molecule is Cc1cccnc1CNC(=O)NCC1(C(=O)O)CC1. The summed E-state index contributed by atoms with van der Waals surface area (Å²) in [4.78, 5) is 26.7. The molecule has 1 aliphatic rings. The van der Waals surface area contributed by atoms with Gasteiger partial charge in [-0.2, -0.15) is 0 Å². The Bertz CT molecular complexity index is 498. The van der Waals surface area contributed by atoms with Crippen molar-refractivity contribution in [3.63, 3.8) is 0 Å². The lowest BCUT2D eigenvalue weighted by atomic mass is 10.1. The number of rotatable bonds is 5. The number of carbonyl (C=O) groups excluding carboxylic acids is 1. The van der Waals surface area contributed by atoms with Crippen LogP contribution in [0.3, 0.4) is 0 Å². The Balaban J connectivity index is 1.77. The largest absolute Gasteiger partial charge is 0.481 e. The minimum absolute atomic E-state index is 0.176. The molecule has 0 unspecified atom stereocenters. The second-order valence-electron chi connectivity index (χ2n) is 4.89. The maximum absolute atomic E-state index is 11.6. The highest BCUT2D eigenvalue weighted by Crippen LogP contribution is 2.45. The van der Waals surface area contributed by atoms with Crippen molar-refractivity contribution in [2.45, 2.75) is 26.3 Å². The number of hydrogen-bond donors (Lipinski definition) is 3. The number of aryl methyl sites for hydroxylation is 1. The van der Waals surface area contributed by atoms with E-state index in [4.69, 9.17) is 5.11 Å². The molecule has 0 bridgehead atoms. The van der Waals surface area contributed by atoms with Crippen LogP contribution in [-0.4, -0.2) is 28.6 Å². The summed E-state index contributed by atoms with van der Waals surface area (Å²) in [5.41, 5.74) is 1.07. The van der Waals surface area contributed by atoms with Crippen LogP contribution in [0, 0.1) is 12.3 Å². The van der Waals surface area contributed by atoms with E-state index in [-0.39, 0.29) is 12.6 Å². The Morgan fingerprint density at radius 2 is 2.16 bits per heavy atom. The van der Waals surface area contributed by atoms with Crippen LogP contribution in [0.15, 0.2) is 18.3 Å². The van der Waals surface area contributed by atoms with Crippen molar-refractivity contribution in [1.29, 1.82) is 0 Å². The highest BCUT2D eigenvalue weighted by atomic mass is 16.4. The van der Waals surface area contributed by atoms with Gasteiger partial charge in [0.25, 0.3) is 0 Å². The second kappa shape index (κ2) is 5.26. The van der Waals surface area contributed by atoms with Crippen molar-refractivity contribution in [2.75, 3.05) is 6.54 Å². The summed E-state index contributed by atoms with van der Waals surface area (Å²) < 4.78 is 0. The van der Waals surface area contributed by atoms with Crippen molar-refractivity contribution < 1.29 is 14.7 Å². The topological polar surface area (TPSA) is 91.3 Å². The fourth-order valence-electron chi connectivity index (χ4n) is 1.80. The number of hydrogen-bond acceptors (Lipinski definition) is 3. The van der Waals surface area contributed by atoms with E-state index in [0.29, 0.717) is 19.4 Å². The van der Waals surface area contributed by atoms with Crippen molar-refractivity contribution in [1.82, 2.24) is 15.6 Å². The van der Waals surface area contributed by atoms with Crippen molar-refractivity contribution in [3.8, 4) is 0 Å². The highest BCUT2D eigenvalue weighted by molar-refractivity contribution is 5.80. The second-order valence-corrected chi connectivity index (χ2v) is 4.89. The molecule has 1 saturated carbocycles. The number of carbonyl (C=O) groups is 2. The molecule has 2 amide bonds. The predicted octanol–water partition coefficient (Wildman–Crippen LogP) is 1.05. The summed E-state index contributed by atoms with van der Waals surface area (Å²) in [5, 5.41) is 14.3. The van der Waals surface area contributed by atoms with Gasteiger partial charge in [-0.1, -0.05) is 6.07 Å². The van der Waals surface area contributed by atoms with Crippen molar-refractivity contribution in [2.24, 2.45) is 5.41 Å². The molecule has 0 saturated heterocycles. The number of carboxylic acids is 1. The van der Waals surface area contributed by atoms with E-state index in [1.54, 1.807) is 6.20 Å². The summed E-state index contributed by atoms with van der Waals surface area (Å²) in [7, 11) is 0. The summed E-state index contributed by atoms with van der Waals surface area (Å²) in [6.07, 6.45) is 2.93.